The number of hydrogen-bond acceptors (Lipinski definition) is 6. The minimum absolute atomic E-state index is 0.124. The maximum Gasteiger partial charge on any atom is 0.337 e. The van der Waals surface area contributed by atoms with Crippen molar-refractivity contribution >= 4 is 27.2 Å². The number of piperazine rings is 1. The first-order valence-electron chi connectivity index (χ1n) is 7.58. The van der Waals surface area contributed by atoms with Crippen LogP contribution in [0.15, 0.2) is 12.4 Å². The Balaban J connectivity index is 2.09. The Bertz CT molecular complexity index is 997. The molecule has 1 aliphatic rings. The second-order valence-electron chi connectivity index (χ2n) is 5.93. The number of carbonyl (C=O) groups is 1. The van der Waals surface area contributed by atoms with Gasteiger partial charge in [-0.1, -0.05) is 0 Å². The van der Waals surface area contributed by atoms with Crippen molar-refractivity contribution in [2.24, 2.45) is 0 Å². The molecule has 0 unspecified atom stereocenters. The molecule has 1 N–H and O–H groups in total. The Morgan fingerprint density at radius 2 is 1.96 bits per heavy atom. The molecule has 0 saturated carbocycles. The molecule has 1 aliphatic heterocycles. The second-order valence-corrected chi connectivity index (χ2v) is 7.92. The van der Waals surface area contributed by atoms with Gasteiger partial charge in [-0.05, 0) is 12.5 Å². The molecule has 0 radical (unpaired) electrons. The number of aromatic carboxylic acids is 1. The van der Waals surface area contributed by atoms with Crippen LogP contribution in [0, 0.1) is 18.3 Å². The normalized spacial score (nSPS) is 16.1. The molecule has 0 aliphatic carbocycles. The van der Waals surface area contributed by atoms with Crippen molar-refractivity contribution in [3.63, 3.8) is 0 Å². The maximum absolute atomic E-state index is 11.7. The minimum Gasteiger partial charge on any atom is -0.478 e. The highest BCUT2D eigenvalue weighted by atomic mass is 32.2. The largest absolute Gasteiger partial charge is 0.478 e. The van der Waals surface area contributed by atoms with Crippen LogP contribution >= 0.6 is 0 Å². The lowest BCUT2D eigenvalue weighted by molar-refractivity contribution is 0.0696. The van der Waals surface area contributed by atoms with E-state index >= 15 is 0 Å². The molecule has 2 aromatic heterocycles. The summed E-state index contributed by atoms with van der Waals surface area (Å²) in [6.07, 6.45) is 3.99. The fourth-order valence-electron chi connectivity index (χ4n) is 3.13. The number of aryl methyl sites for hydroxylation is 1. The highest BCUT2D eigenvalue weighted by Crippen LogP contribution is 2.31. The molecule has 10 heteroatoms. The molecule has 0 amide bonds. The number of anilines is 1. The molecule has 0 bridgehead atoms. The van der Waals surface area contributed by atoms with Crippen LogP contribution in [0.1, 0.15) is 21.5 Å². The number of aromatic nitrogens is 2. The molecule has 25 heavy (non-hydrogen) atoms. The van der Waals surface area contributed by atoms with Gasteiger partial charge in [0.05, 0.1) is 34.8 Å². The molecule has 1 saturated heterocycles. The van der Waals surface area contributed by atoms with Crippen LogP contribution in [0.3, 0.4) is 0 Å². The van der Waals surface area contributed by atoms with Gasteiger partial charge in [-0.3, -0.25) is 0 Å². The van der Waals surface area contributed by atoms with Gasteiger partial charge >= 0.3 is 5.97 Å². The van der Waals surface area contributed by atoms with E-state index in [4.69, 9.17) is 0 Å². The summed E-state index contributed by atoms with van der Waals surface area (Å²) in [6.45, 7) is 3.12. The fraction of sp³-hybridized carbons (Fsp3) is 0.400. The molecular weight excluding hydrogens is 346 g/mol. The van der Waals surface area contributed by atoms with E-state index in [0.29, 0.717) is 48.5 Å². The van der Waals surface area contributed by atoms with Crippen LogP contribution in [-0.2, 0) is 10.0 Å². The van der Waals surface area contributed by atoms with Crippen molar-refractivity contribution in [1.82, 2.24) is 13.9 Å². The van der Waals surface area contributed by atoms with Crippen molar-refractivity contribution in [2.45, 2.75) is 6.92 Å². The number of nitrogens with zero attached hydrogens (tertiary/aromatic N) is 5. The molecule has 0 atom stereocenters. The Hall–Kier alpha value is -2.64. The summed E-state index contributed by atoms with van der Waals surface area (Å²) in [7, 11) is -3.26. The second kappa shape index (κ2) is 6.02. The lowest BCUT2D eigenvalue weighted by Crippen LogP contribution is -2.48. The summed E-state index contributed by atoms with van der Waals surface area (Å²) in [6, 6.07) is 2.10. The van der Waals surface area contributed by atoms with Gasteiger partial charge in [0, 0.05) is 32.4 Å². The van der Waals surface area contributed by atoms with Crippen LogP contribution in [0.25, 0.3) is 5.52 Å². The fourth-order valence-corrected chi connectivity index (χ4v) is 3.96. The average Bonchev–Trinajstić information content (AvgIpc) is 2.90. The predicted molar refractivity (Wildman–Crippen MR) is 90.2 cm³/mol. The van der Waals surface area contributed by atoms with Crippen LogP contribution < -0.4 is 4.90 Å². The molecule has 9 nitrogen and oxygen atoms in total. The molecule has 1 fully saturated rings. The first-order chi connectivity index (χ1) is 11.7. The molecule has 132 valence electrons. The third-order valence-electron chi connectivity index (χ3n) is 4.41. The van der Waals surface area contributed by atoms with Crippen molar-refractivity contribution in [3.05, 3.63) is 29.1 Å². The number of nitriles is 1. The van der Waals surface area contributed by atoms with Crippen molar-refractivity contribution in [2.75, 3.05) is 37.3 Å². The Labute approximate surface area is 144 Å². The van der Waals surface area contributed by atoms with Gasteiger partial charge in [0.25, 0.3) is 0 Å². The highest BCUT2D eigenvalue weighted by molar-refractivity contribution is 7.88. The third kappa shape index (κ3) is 2.92. The lowest BCUT2D eigenvalue weighted by atomic mass is 10.1. The van der Waals surface area contributed by atoms with E-state index in [0.717, 1.165) is 0 Å². The zero-order chi connectivity index (χ0) is 18.4. The van der Waals surface area contributed by atoms with Crippen molar-refractivity contribution in [3.8, 4) is 6.07 Å². The molecular formula is C15H17N5O4S. The average molecular weight is 363 g/mol. The summed E-state index contributed by atoms with van der Waals surface area (Å²) < 4.78 is 26.2. The predicted octanol–water partition coefficient (Wildman–Crippen LogP) is 0.294. The summed E-state index contributed by atoms with van der Waals surface area (Å²) in [5.74, 6) is -1.06. The SMILES string of the molecule is Cc1c(C(=O)O)cn2ncc(C#N)c(N3CCN(S(C)(=O)=O)CC3)c12. The summed E-state index contributed by atoms with van der Waals surface area (Å²) in [5.41, 5.74) is 2.13. The van der Waals surface area contributed by atoms with Gasteiger partial charge < -0.3 is 10.0 Å². The number of rotatable bonds is 3. The molecule has 2 aromatic rings. The van der Waals surface area contributed by atoms with Gasteiger partial charge in [-0.2, -0.15) is 14.7 Å². The van der Waals surface area contributed by atoms with E-state index in [1.165, 1.54) is 27.5 Å². The highest BCUT2D eigenvalue weighted by Gasteiger charge is 2.28. The monoisotopic (exact) mass is 363 g/mol. The van der Waals surface area contributed by atoms with Gasteiger partial charge in [-0.15, -0.1) is 0 Å². The van der Waals surface area contributed by atoms with Crippen molar-refractivity contribution in [1.29, 1.82) is 5.26 Å². The molecule has 0 spiro atoms. The van der Waals surface area contributed by atoms with E-state index in [2.05, 4.69) is 11.2 Å². The first-order valence-corrected chi connectivity index (χ1v) is 9.43. The van der Waals surface area contributed by atoms with Gasteiger partial charge in [0.2, 0.25) is 10.0 Å². The van der Waals surface area contributed by atoms with Gasteiger partial charge in [0.1, 0.15) is 6.07 Å². The number of hydrogen-bond donors (Lipinski definition) is 1. The Kier molecular flexibility index (Phi) is 4.14. The zero-order valence-corrected chi connectivity index (χ0v) is 14.6. The molecule has 0 aromatic carbocycles. The third-order valence-corrected chi connectivity index (χ3v) is 5.71. The molecule has 3 rings (SSSR count). The number of fused-ring (bicyclic) bond motifs is 1. The summed E-state index contributed by atoms with van der Waals surface area (Å²) in [5, 5.41) is 22.9. The number of sulfonamides is 1. The zero-order valence-electron chi connectivity index (χ0n) is 13.8. The minimum atomic E-state index is -3.26. The smallest absolute Gasteiger partial charge is 0.337 e. The van der Waals surface area contributed by atoms with E-state index in [-0.39, 0.29) is 5.56 Å². The standard InChI is InChI=1S/C15H17N5O4S/c1-10-12(15(21)22)9-20-13(10)14(11(7-16)8-17-20)18-3-5-19(6-4-18)25(2,23)24/h8-9H,3-6H2,1-2H3,(H,21,22). The van der Waals surface area contributed by atoms with Gasteiger partial charge in [-0.25, -0.2) is 17.7 Å². The van der Waals surface area contributed by atoms with Crippen LogP contribution in [-0.4, -0.2) is 65.8 Å². The summed E-state index contributed by atoms with van der Waals surface area (Å²) >= 11 is 0. The topological polar surface area (TPSA) is 119 Å². The van der Waals surface area contributed by atoms with E-state index in [9.17, 15) is 23.6 Å². The quantitative estimate of drug-likeness (QED) is 0.832. The lowest BCUT2D eigenvalue weighted by Gasteiger charge is -2.35. The van der Waals surface area contributed by atoms with E-state index in [1.54, 1.807) is 6.92 Å². The van der Waals surface area contributed by atoms with Gasteiger partial charge in [0.15, 0.2) is 0 Å². The first kappa shape index (κ1) is 17.2. The Morgan fingerprint density at radius 3 is 2.48 bits per heavy atom. The Morgan fingerprint density at radius 1 is 1.32 bits per heavy atom. The van der Waals surface area contributed by atoms with Crippen LogP contribution in [0.5, 0.6) is 0 Å². The van der Waals surface area contributed by atoms with Crippen LogP contribution in [0.2, 0.25) is 0 Å². The number of carboxylic acids is 1. The number of carboxylic acid groups (broad SMARTS) is 1. The summed E-state index contributed by atoms with van der Waals surface area (Å²) in [4.78, 5) is 13.3. The maximum atomic E-state index is 11.7. The van der Waals surface area contributed by atoms with E-state index < -0.39 is 16.0 Å². The van der Waals surface area contributed by atoms with E-state index in [1.807, 2.05) is 4.90 Å². The van der Waals surface area contributed by atoms with Crippen LogP contribution in [0.4, 0.5) is 5.69 Å². The van der Waals surface area contributed by atoms with Crippen molar-refractivity contribution < 1.29 is 18.3 Å². The molecule has 3 heterocycles.